The summed E-state index contributed by atoms with van der Waals surface area (Å²) in [6.45, 7) is 6.13. The van der Waals surface area contributed by atoms with Gasteiger partial charge in [0.25, 0.3) is 0 Å². The van der Waals surface area contributed by atoms with Gasteiger partial charge in [-0.3, -0.25) is 4.21 Å². The molecule has 92 valence electrons. The van der Waals surface area contributed by atoms with Gasteiger partial charge in [-0.05, 0) is 11.5 Å². The molecule has 1 rings (SSSR count). The van der Waals surface area contributed by atoms with Crippen molar-refractivity contribution in [3.63, 3.8) is 0 Å². The minimum atomic E-state index is -1.01. The summed E-state index contributed by atoms with van der Waals surface area (Å²) >= 11 is 0. The van der Waals surface area contributed by atoms with Gasteiger partial charge >= 0.3 is 0 Å². The quantitative estimate of drug-likeness (QED) is 0.802. The van der Waals surface area contributed by atoms with Gasteiger partial charge in [-0.25, -0.2) is 0 Å². The van der Waals surface area contributed by atoms with Crippen molar-refractivity contribution in [2.45, 2.75) is 37.7 Å². The Bertz CT molecular complexity index is 408. The molecule has 0 radical (unpaired) electrons. The van der Waals surface area contributed by atoms with Gasteiger partial charge in [0.1, 0.15) is 0 Å². The molecule has 0 fully saturated rings. The fourth-order valence-corrected chi connectivity index (χ4v) is 3.33. The van der Waals surface area contributed by atoms with Crippen LogP contribution in [0.4, 0.5) is 0 Å². The van der Waals surface area contributed by atoms with Crippen molar-refractivity contribution in [1.29, 1.82) is 5.26 Å². The summed E-state index contributed by atoms with van der Waals surface area (Å²) in [5.41, 5.74) is 1.000. The van der Waals surface area contributed by atoms with Gasteiger partial charge in [-0.1, -0.05) is 51.1 Å². The first-order chi connectivity index (χ1) is 8.07. The zero-order chi connectivity index (χ0) is 12.8. The molecule has 17 heavy (non-hydrogen) atoms. The highest BCUT2D eigenvalue weighted by Crippen LogP contribution is 2.28. The Balaban J connectivity index is 2.95. The van der Waals surface area contributed by atoms with Crippen LogP contribution >= 0.6 is 0 Å². The molecule has 3 atom stereocenters. The van der Waals surface area contributed by atoms with Crippen LogP contribution in [0.25, 0.3) is 0 Å². The molecule has 0 amide bonds. The summed E-state index contributed by atoms with van der Waals surface area (Å²) in [4.78, 5) is 0. The first-order valence-electron chi connectivity index (χ1n) is 5.89. The summed E-state index contributed by atoms with van der Waals surface area (Å²) in [5.74, 6) is 0.362. The van der Waals surface area contributed by atoms with Crippen LogP contribution in [0.1, 0.15) is 38.0 Å². The average molecular weight is 249 g/mol. The third kappa shape index (κ3) is 3.67. The van der Waals surface area contributed by atoms with Crippen molar-refractivity contribution in [2.75, 3.05) is 0 Å². The largest absolute Gasteiger partial charge is 0.259 e. The van der Waals surface area contributed by atoms with E-state index in [0.29, 0.717) is 12.3 Å². The van der Waals surface area contributed by atoms with E-state index in [9.17, 15) is 4.21 Å². The maximum Gasteiger partial charge on any atom is 0.0729 e. The van der Waals surface area contributed by atoms with E-state index in [-0.39, 0.29) is 10.5 Å². The Kier molecular flexibility index (Phi) is 5.37. The maximum absolute atomic E-state index is 12.4. The summed E-state index contributed by atoms with van der Waals surface area (Å²) in [6.07, 6.45) is 0.313. The molecule has 0 saturated heterocycles. The number of hydrogen-bond donors (Lipinski definition) is 0. The molecule has 3 heteroatoms. The van der Waals surface area contributed by atoms with Crippen LogP contribution in [0.2, 0.25) is 0 Å². The lowest BCUT2D eigenvalue weighted by molar-refractivity contribution is 0.597. The van der Waals surface area contributed by atoms with Gasteiger partial charge in [-0.2, -0.15) is 5.26 Å². The van der Waals surface area contributed by atoms with E-state index in [4.69, 9.17) is 5.26 Å². The van der Waals surface area contributed by atoms with Crippen molar-refractivity contribution in [2.24, 2.45) is 5.92 Å². The van der Waals surface area contributed by atoms with Gasteiger partial charge in [-0.15, -0.1) is 0 Å². The third-order valence-corrected chi connectivity index (χ3v) is 5.31. The van der Waals surface area contributed by atoms with Crippen molar-refractivity contribution in [3.05, 3.63) is 35.9 Å². The summed E-state index contributed by atoms with van der Waals surface area (Å²) in [5, 5.41) is 8.82. The molecular weight excluding hydrogens is 230 g/mol. The van der Waals surface area contributed by atoms with Gasteiger partial charge in [0.15, 0.2) is 0 Å². The minimum Gasteiger partial charge on any atom is -0.259 e. The first kappa shape index (κ1) is 13.9. The fourth-order valence-electron chi connectivity index (χ4n) is 1.61. The maximum atomic E-state index is 12.4. The summed E-state index contributed by atoms with van der Waals surface area (Å²) in [7, 11) is -1.01. The van der Waals surface area contributed by atoms with Crippen molar-refractivity contribution < 1.29 is 4.21 Å². The summed E-state index contributed by atoms with van der Waals surface area (Å²) < 4.78 is 12.4. The second kappa shape index (κ2) is 6.56. The molecule has 0 heterocycles. The monoisotopic (exact) mass is 249 g/mol. The predicted molar refractivity (Wildman–Crippen MR) is 71.9 cm³/mol. The Labute approximate surface area is 106 Å². The van der Waals surface area contributed by atoms with Crippen molar-refractivity contribution in [1.82, 2.24) is 0 Å². The molecule has 0 aliphatic rings. The van der Waals surface area contributed by atoms with Crippen LogP contribution in [-0.2, 0) is 10.8 Å². The van der Waals surface area contributed by atoms with Crippen LogP contribution in [-0.4, -0.2) is 9.46 Å². The molecule has 0 aromatic heterocycles. The molecule has 0 spiro atoms. The number of nitrogens with zero attached hydrogens (tertiary/aromatic N) is 1. The van der Waals surface area contributed by atoms with Crippen LogP contribution in [0.5, 0.6) is 0 Å². The van der Waals surface area contributed by atoms with E-state index >= 15 is 0 Å². The molecule has 3 unspecified atom stereocenters. The van der Waals surface area contributed by atoms with Crippen LogP contribution in [0, 0.1) is 17.2 Å². The molecule has 0 aliphatic carbocycles. The molecule has 0 bridgehead atoms. The lowest BCUT2D eigenvalue weighted by atomic mass is 10.1. The number of hydrogen-bond acceptors (Lipinski definition) is 2. The van der Waals surface area contributed by atoms with Crippen LogP contribution in [0.3, 0.4) is 0 Å². The molecule has 0 N–H and O–H groups in total. The number of rotatable bonds is 5. The lowest BCUT2D eigenvalue weighted by Gasteiger charge is -2.21. The van der Waals surface area contributed by atoms with Gasteiger partial charge < -0.3 is 0 Å². The summed E-state index contributed by atoms with van der Waals surface area (Å²) in [6, 6.07) is 11.8. The normalized spacial score (nSPS) is 16.2. The highest BCUT2D eigenvalue weighted by Gasteiger charge is 2.25. The number of nitriles is 1. The Morgan fingerprint density at radius 2 is 1.82 bits per heavy atom. The van der Waals surface area contributed by atoms with E-state index in [0.717, 1.165) is 5.56 Å². The van der Waals surface area contributed by atoms with Gasteiger partial charge in [0.05, 0.1) is 17.7 Å². The fraction of sp³-hybridized carbons (Fsp3) is 0.500. The average Bonchev–Trinajstić information content (AvgIpc) is 2.35. The molecule has 0 saturated carbocycles. The molecule has 2 nitrogen and oxygen atoms in total. The van der Waals surface area contributed by atoms with Crippen molar-refractivity contribution >= 4 is 10.8 Å². The lowest BCUT2D eigenvalue weighted by Crippen LogP contribution is -2.22. The van der Waals surface area contributed by atoms with Gasteiger partial charge in [0, 0.05) is 16.0 Å². The minimum absolute atomic E-state index is 0.105. The second-order valence-corrected chi connectivity index (χ2v) is 6.51. The molecule has 0 aliphatic heterocycles. The molecule has 1 aromatic carbocycles. The third-order valence-electron chi connectivity index (χ3n) is 3.03. The van der Waals surface area contributed by atoms with E-state index in [2.05, 4.69) is 19.9 Å². The highest BCUT2D eigenvalue weighted by atomic mass is 32.2. The van der Waals surface area contributed by atoms with E-state index < -0.39 is 10.8 Å². The zero-order valence-electron chi connectivity index (χ0n) is 10.6. The zero-order valence-corrected chi connectivity index (χ0v) is 11.4. The van der Waals surface area contributed by atoms with Crippen molar-refractivity contribution in [3.8, 4) is 6.07 Å². The predicted octanol–water partition coefficient (Wildman–Crippen LogP) is 3.43. The smallest absolute Gasteiger partial charge is 0.0729 e. The Hall–Kier alpha value is -1.14. The SMILES string of the molecule is CC(C)C(C)S(=O)C(CC#N)c1ccccc1. The van der Waals surface area contributed by atoms with E-state index in [1.54, 1.807) is 0 Å². The van der Waals surface area contributed by atoms with E-state index in [1.807, 2.05) is 37.3 Å². The number of benzene rings is 1. The molecule has 1 aromatic rings. The molecular formula is C14H19NOS. The van der Waals surface area contributed by atoms with Crippen LogP contribution in [0.15, 0.2) is 30.3 Å². The van der Waals surface area contributed by atoms with E-state index in [1.165, 1.54) is 0 Å². The highest BCUT2D eigenvalue weighted by molar-refractivity contribution is 7.85. The van der Waals surface area contributed by atoms with Gasteiger partial charge in [0.2, 0.25) is 0 Å². The standard InChI is InChI=1S/C14H19NOS/c1-11(2)12(3)17(16)14(9-10-15)13-7-5-4-6-8-13/h4-8,11-12,14H,9H2,1-3H3. The first-order valence-corrected chi connectivity index (χ1v) is 7.16. The topological polar surface area (TPSA) is 40.9 Å². The Morgan fingerprint density at radius 3 is 2.29 bits per heavy atom. The van der Waals surface area contributed by atoms with Crippen LogP contribution < -0.4 is 0 Å². The Morgan fingerprint density at radius 1 is 1.24 bits per heavy atom. The second-order valence-electron chi connectivity index (χ2n) is 4.54.